The molecule has 0 spiro atoms. The average Bonchev–Trinajstić information content (AvgIpc) is 3.04. The number of rotatable bonds is 8. The van der Waals surface area contributed by atoms with Crippen LogP contribution in [-0.2, 0) is 28.7 Å². The Hall–Kier alpha value is -2.64. The van der Waals surface area contributed by atoms with Gasteiger partial charge in [0, 0.05) is 36.3 Å². The zero-order chi connectivity index (χ0) is 21.9. The Labute approximate surface area is 177 Å². The molecular formula is C23H28N2O4S. The van der Waals surface area contributed by atoms with Gasteiger partial charge in [0.05, 0.1) is 5.75 Å². The van der Waals surface area contributed by atoms with Crippen LogP contribution in [0.5, 0.6) is 0 Å². The SMILES string of the molecule is CC(C)N(C)Cc1ccccc1CNC(=O)c1oc2ccccc2c1CS(C)(=O)=O. The van der Waals surface area contributed by atoms with E-state index in [4.69, 9.17) is 4.42 Å². The van der Waals surface area contributed by atoms with Crippen LogP contribution in [0.4, 0.5) is 0 Å². The normalized spacial score (nSPS) is 12.1. The maximum absolute atomic E-state index is 12.9. The van der Waals surface area contributed by atoms with E-state index in [1.54, 1.807) is 24.3 Å². The Morgan fingerprint density at radius 1 is 1.07 bits per heavy atom. The van der Waals surface area contributed by atoms with Gasteiger partial charge in [-0.2, -0.15) is 0 Å². The van der Waals surface area contributed by atoms with Crippen molar-refractivity contribution >= 4 is 26.7 Å². The van der Waals surface area contributed by atoms with Gasteiger partial charge >= 0.3 is 0 Å². The number of amides is 1. The summed E-state index contributed by atoms with van der Waals surface area (Å²) in [5, 5.41) is 3.54. The van der Waals surface area contributed by atoms with Crippen LogP contribution in [-0.4, -0.2) is 38.6 Å². The third-order valence-electron chi connectivity index (χ3n) is 5.17. The van der Waals surface area contributed by atoms with Crippen LogP contribution in [0.25, 0.3) is 11.0 Å². The summed E-state index contributed by atoms with van der Waals surface area (Å²) in [7, 11) is -1.27. The number of nitrogens with one attached hydrogen (secondary N) is 1. The summed E-state index contributed by atoms with van der Waals surface area (Å²) in [5.74, 6) is -0.613. The summed E-state index contributed by atoms with van der Waals surface area (Å²) in [6, 6.07) is 15.5. The van der Waals surface area contributed by atoms with E-state index in [0.717, 1.165) is 23.9 Å². The van der Waals surface area contributed by atoms with Crippen molar-refractivity contribution in [1.82, 2.24) is 10.2 Å². The monoisotopic (exact) mass is 428 g/mol. The molecule has 160 valence electrons. The lowest BCUT2D eigenvalue weighted by molar-refractivity contribution is 0.0924. The second kappa shape index (κ2) is 9.02. The standard InChI is InChI=1S/C23H28N2O4S/c1-16(2)25(3)14-18-10-6-5-9-17(18)13-24-23(26)22-20(15-30(4,27)28)19-11-7-8-12-21(19)29-22/h5-12,16H,13-15H2,1-4H3,(H,24,26). The number of carbonyl (C=O) groups excluding carboxylic acids is 1. The van der Waals surface area contributed by atoms with Crippen molar-refractivity contribution in [1.29, 1.82) is 0 Å². The van der Waals surface area contributed by atoms with Crippen molar-refractivity contribution in [3.8, 4) is 0 Å². The molecule has 7 heteroatoms. The number of nitrogens with zero attached hydrogens (tertiary/aromatic N) is 1. The molecule has 0 saturated carbocycles. The van der Waals surface area contributed by atoms with E-state index in [1.807, 2.05) is 18.2 Å². The zero-order valence-electron chi connectivity index (χ0n) is 17.8. The molecule has 0 saturated heterocycles. The minimum Gasteiger partial charge on any atom is -0.451 e. The average molecular weight is 429 g/mol. The minimum atomic E-state index is -3.34. The lowest BCUT2D eigenvalue weighted by atomic mass is 10.1. The molecule has 0 aliphatic rings. The first-order chi connectivity index (χ1) is 14.2. The van der Waals surface area contributed by atoms with Gasteiger partial charge in [0.15, 0.2) is 15.6 Å². The van der Waals surface area contributed by atoms with Crippen molar-refractivity contribution in [3.05, 3.63) is 71.0 Å². The van der Waals surface area contributed by atoms with Crippen molar-refractivity contribution in [2.45, 2.75) is 38.7 Å². The number of benzene rings is 2. The third kappa shape index (κ3) is 5.29. The van der Waals surface area contributed by atoms with Gasteiger partial charge in [-0.15, -0.1) is 0 Å². The Morgan fingerprint density at radius 2 is 1.70 bits per heavy atom. The lowest BCUT2D eigenvalue weighted by Crippen LogP contribution is -2.28. The van der Waals surface area contributed by atoms with Gasteiger partial charge in [-0.3, -0.25) is 9.69 Å². The predicted octanol–water partition coefficient (Wildman–Crippen LogP) is 3.75. The van der Waals surface area contributed by atoms with Gasteiger partial charge in [-0.25, -0.2) is 8.42 Å². The number of sulfone groups is 1. The zero-order valence-corrected chi connectivity index (χ0v) is 18.6. The fraction of sp³-hybridized carbons (Fsp3) is 0.348. The van der Waals surface area contributed by atoms with Crippen molar-refractivity contribution < 1.29 is 17.6 Å². The molecule has 0 atom stereocenters. The van der Waals surface area contributed by atoms with E-state index >= 15 is 0 Å². The molecule has 3 aromatic rings. The van der Waals surface area contributed by atoms with Gasteiger partial charge in [-0.1, -0.05) is 42.5 Å². The Kier molecular flexibility index (Phi) is 6.63. The first kappa shape index (κ1) is 22.1. The largest absolute Gasteiger partial charge is 0.451 e. The summed E-state index contributed by atoms with van der Waals surface area (Å²) >= 11 is 0. The van der Waals surface area contributed by atoms with Crippen molar-refractivity contribution in [2.24, 2.45) is 0 Å². The van der Waals surface area contributed by atoms with Crippen LogP contribution in [0.3, 0.4) is 0 Å². The lowest BCUT2D eigenvalue weighted by Gasteiger charge is -2.22. The Balaban J connectivity index is 1.84. The number of para-hydroxylation sites is 1. The van der Waals surface area contributed by atoms with Gasteiger partial charge in [0.2, 0.25) is 0 Å². The molecule has 30 heavy (non-hydrogen) atoms. The Bertz CT molecular complexity index is 1150. The van der Waals surface area contributed by atoms with E-state index < -0.39 is 15.7 Å². The number of fused-ring (bicyclic) bond motifs is 1. The van der Waals surface area contributed by atoms with E-state index in [2.05, 4.69) is 37.2 Å². The molecule has 1 aromatic heterocycles. The molecule has 0 fully saturated rings. The first-order valence-corrected chi connectivity index (χ1v) is 11.9. The molecule has 1 amide bonds. The highest BCUT2D eigenvalue weighted by Crippen LogP contribution is 2.27. The quantitative estimate of drug-likeness (QED) is 0.591. The summed E-state index contributed by atoms with van der Waals surface area (Å²) in [6.45, 7) is 5.37. The minimum absolute atomic E-state index is 0.0541. The molecule has 2 aromatic carbocycles. The topological polar surface area (TPSA) is 79.6 Å². The van der Waals surface area contributed by atoms with Crippen LogP contribution in [0.2, 0.25) is 0 Å². The predicted molar refractivity (Wildman–Crippen MR) is 119 cm³/mol. The van der Waals surface area contributed by atoms with Gasteiger partial charge in [-0.05, 0) is 38.1 Å². The molecular weight excluding hydrogens is 400 g/mol. The van der Waals surface area contributed by atoms with Gasteiger partial charge in [0.1, 0.15) is 5.58 Å². The summed E-state index contributed by atoms with van der Waals surface area (Å²) in [6.07, 6.45) is 1.15. The summed E-state index contributed by atoms with van der Waals surface area (Å²) < 4.78 is 29.6. The van der Waals surface area contributed by atoms with E-state index in [0.29, 0.717) is 29.1 Å². The van der Waals surface area contributed by atoms with E-state index in [1.165, 1.54) is 0 Å². The smallest absolute Gasteiger partial charge is 0.287 e. The maximum atomic E-state index is 12.9. The highest BCUT2D eigenvalue weighted by molar-refractivity contribution is 7.89. The molecule has 1 N–H and O–H groups in total. The summed E-state index contributed by atoms with van der Waals surface area (Å²) in [4.78, 5) is 15.2. The Morgan fingerprint density at radius 3 is 2.37 bits per heavy atom. The molecule has 3 rings (SSSR count). The van der Waals surface area contributed by atoms with Crippen LogP contribution >= 0.6 is 0 Å². The maximum Gasteiger partial charge on any atom is 0.287 e. The summed E-state index contributed by atoms with van der Waals surface area (Å²) in [5.41, 5.74) is 3.05. The number of hydrogen-bond donors (Lipinski definition) is 1. The van der Waals surface area contributed by atoms with Crippen molar-refractivity contribution in [3.63, 3.8) is 0 Å². The van der Waals surface area contributed by atoms with Crippen LogP contribution in [0, 0.1) is 0 Å². The molecule has 0 unspecified atom stereocenters. The molecule has 0 bridgehead atoms. The number of hydrogen-bond acceptors (Lipinski definition) is 5. The van der Waals surface area contributed by atoms with Crippen LogP contribution < -0.4 is 5.32 Å². The molecule has 1 heterocycles. The molecule has 0 radical (unpaired) electrons. The van der Waals surface area contributed by atoms with Crippen LogP contribution in [0.15, 0.2) is 52.9 Å². The number of carbonyl (C=O) groups is 1. The van der Waals surface area contributed by atoms with Crippen molar-refractivity contribution in [2.75, 3.05) is 13.3 Å². The molecule has 0 aliphatic heterocycles. The highest BCUT2D eigenvalue weighted by Gasteiger charge is 2.23. The fourth-order valence-corrected chi connectivity index (χ4v) is 4.09. The number of furan rings is 1. The molecule has 0 aliphatic carbocycles. The second-order valence-electron chi connectivity index (χ2n) is 7.94. The van der Waals surface area contributed by atoms with Crippen LogP contribution in [0.1, 0.15) is 41.1 Å². The fourth-order valence-electron chi connectivity index (χ4n) is 3.28. The second-order valence-corrected chi connectivity index (χ2v) is 10.1. The molecule has 6 nitrogen and oxygen atoms in total. The van der Waals surface area contributed by atoms with E-state index in [-0.39, 0.29) is 11.5 Å². The van der Waals surface area contributed by atoms with Gasteiger partial charge in [0.25, 0.3) is 5.91 Å². The van der Waals surface area contributed by atoms with E-state index in [9.17, 15) is 13.2 Å². The first-order valence-electron chi connectivity index (χ1n) is 9.89. The highest BCUT2D eigenvalue weighted by atomic mass is 32.2. The van der Waals surface area contributed by atoms with Gasteiger partial charge < -0.3 is 9.73 Å². The third-order valence-corrected chi connectivity index (χ3v) is 5.98.